The van der Waals surface area contributed by atoms with Gasteiger partial charge in [-0.05, 0) is 14.0 Å². The van der Waals surface area contributed by atoms with E-state index >= 15 is 0 Å². The fraction of sp³-hybridized carbons (Fsp3) is 0.600. The second-order valence-corrected chi connectivity index (χ2v) is 4.07. The molecule has 0 amide bonds. The van der Waals surface area contributed by atoms with Crippen LogP contribution in [0.15, 0.2) is 12.4 Å². The zero-order valence-corrected chi connectivity index (χ0v) is 9.22. The SMILES string of the molecule is CC1CN(C)CCN1c1nccnc1N. The molecule has 1 atom stereocenters. The lowest BCUT2D eigenvalue weighted by Crippen LogP contribution is -2.51. The first-order chi connectivity index (χ1) is 7.18. The van der Waals surface area contributed by atoms with Gasteiger partial charge in [0.15, 0.2) is 11.6 Å². The molecule has 5 nitrogen and oxygen atoms in total. The highest BCUT2D eigenvalue weighted by Crippen LogP contribution is 2.21. The number of aromatic nitrogens is 2. The Balaban J connectivity index is 2.20. The van der Waals surface area contributed by atoms with Crippen molar-refractivity contribution in [2.75, 3.05) is 37.3 Å². The molecular weight excluding hydrogens is 190 g/mol. The molecule has 1 unspecified atom stereocenters. The molecule has 1 saturated heterocycles. The predicted octanol–water partition coefficient (Wildman–Crippen LogP) is 0.199. The summed E-state index contributed by atoms with van der Waals surface area (Å²) in [4.78, 5) is 12.9. The van der Waals surface area contributed by atoms with Crippen LogP contribution in [0.1, 0.15) is 6.92 Å². The van der Waals surface area contributed by atoms with E-state index in [2.05, 4.69) is 33.7 Å². The van der Waals surface area contributed by atoms with E-state index in [0.717, 1.165) is 25.5 Å². The summed E-state index contributed by atoms with van der Waals surface area (Å²) in [6.07, 6.45) is 3.32. The molecule has 2 N–H and O–H groups in total. The molecule has 15 heavy (non-hydrogen) atoms. The Morgan fingerprint density at radius 2 is 2.07 bits per heavy atom. The van der Waals surface area contributed by atoms with Gasteiger partial charge in [0, 0.05) is 38.1 Å². The lowest BCUT2D eigenvalue weighted by molar-refractivity contribution is 0.275. The molecule has 2 heterocycles. The largest absolute Gasteiger partial charge is 0.381 e. The van der Waals surface area contributed by atoms with Gasteiger partial charge >= 0.3 is 0 Å². The summed E-state index contributed by atoms with van der Waals surface area (Å²) >= 11 is 0. The average Bonchev–Trinajstić information content (AvgIpc) is 2.20. The van der Waals surface area contributed by atoms with Gasteiger partial charge in [0.1, 0.15) is 0 Å². The molecule has 0 spiro atoms. The Bertz CT molecular complexity index is 340. The molecule has 82 valence electrons. The van der Waals surface area contributed by atoms with Gasteiger partial charge in [-0.3, -0.25) is 0 Å². The van der Waals surface area contributed by atoms with Gasteiger partial charge in [-0.15, -0.1) is 0 Å². The van der Waals surface area contributed by atoms with Crippen LogP contribution in [0.5, 0.6) is 0 Å². The maximum Gasteiger partial charge on any atom is 0.171 e. The van der Waals surface area contributed by atoms with Crippen LogP contribution in [-0.2, 0) is 0 Å². The van der Waals surface area contributed by atoms with Crippen LogP contribution >= 0.6 is 0 Å². The van der Waals surface area contributed by atoms with Gasteiger partial charge in [0.2, 0.25) is 0 Å². The van der Waals surface area contributed by atoms with Crippen molar-refractivity contribution in [3.05, 3.63) is 12.4 Å². The van der Waals surface area contributed by atoms with Crippen LogP contribution in [0.2, 0.25) is 0 Å². The third-order valence-electron chi connectivity index (χ3n) is 2.81. The molecule has 1 fully saturated rings. The molecule has 0 bridgehead atoms. The molecule has 1 aromatic rings. The Labute approximate surface area is 89.9 Å². The number of hydrogen-bond acceptors (Lipinski definition) is 5. The second kappa shape index (κ2) is 4.02. The summed E-state index contributed by atoms with van der Waals surface area (Å²) in [7, 11) is 2.13. The highest BCUT2D eigenvalue weighted by atomic mass is 15.3. The zero-order valence-electron chi connectivity index (χ0n) is 9.22. The number of nitrogens with two attached hydrogens (primary N) is 1. The van der Waals surface area contributed by atoms with E-state index in [0.29, 0.717) is 11.9 Å². The number of piperazine rings is 1. The highest BCUT2D eigenvalue weighted by Gasteiger charge is 2.24. The van der Waals surface area contributed by atoms with Gasteiger partial charge in [-0.25, -0.2) is 9.97 Å². The summed E-state index contributed by atoms with van der Waals surface area (Å²) in [5.74, 6) is 1.34. The Hall–Kier alpha value is -1.36. The van der Waals surface area contributed by atoms with Gasteiger partial charge < -0.3 is 15.5 Å². The quantitative estimate of drug-likeness (QED) is 0.713. The lowest BCUT2D eigenvalue weighted by Gasteiger charge is -2.39. The maximum absolute atomic E-state index is 5.82. The molecule has 0 saturated carbocycles. The summed E-state index contributed by atoms with van der Waals surface area (Å²) < 4.78 is 0. The summed E-state index contributed by atoms with van der Waals surface area (Å²) in [6.45, 7) is 5.22. The first kappa shape index (κ1) is 10.2. The van der Waals surface area contributed by atoms with E-state index in [9.17, 15) is 0 Å². The van der Waals surface area contributed by atoms with Crippen LogP contribution in [0.3, 0.4) is 0 Å². The molecule has 1 aromatic heterocycles. The first-order valence-corrected chi connectivity index (χ1v) is 5.20. The van der Waals surface area contributed by atoms with E-state index < -0.39 is 0 Å². The number of likely N-dealkylation sites (N-methyl/N-ethyl adjacent to an activating group) is 1. The lowest BCUT2D eigenvalue weighted by atomic mass is 10.2. The normalized spacial score (nSPS) is 23.1. The molecule has 1 aliphatic heterocycles. The molecule has 0 aromatic carbocycles. The van der Waals surface area contributed by atoms with Gasteiger partial charge in [0.25, 0.3) is 0 Å². The molecule has 1 aliphatic rings. The van der Waals surface area contributed by atoms with Crippen molar-refractivity contribution in [2.45, 2.75) is 13.0 Å². The number of hydrogen-bond donors (Lipinski definition) is 1. The summed E-state index contributed by atoms with van der Waals surface area (Å²) in [5.41, 5.74) is 5.82. The fourth-order valence-electron chi connectivity index (χ4n) is 2.02. The Kier molecular flexibility index (Phi) is 2.73. The van der Waals surface area contributed by atoms with Crippen LogP contribution < -0.4 is 10.6 Å². The van der Waals surface area contributed by atoms with Crippen molar-refractivity contribution in [2.24, 2.45) is 0 Å². The second-order valence-electron chi connectivity index (χ2n) is 4.07. The number of rotatable bonds is 1. The van der Waals surface area contributed by atoms with Crippen LogP contribution in [-0.4, -0.2) is 47.6 Å². The molecule has 2 rings (SSSR count). The van der Waals surface area contributed by atoms with Gasteiger partial charge in [-0.2, -0.15) is 0 Å². The minimum atomic E-state index is 0.433. The van der Waals surface area contributed by atoms with E-state index in [1.807, 2.05) is 0 Å². The van der Waals surface area contributed by atoms with E-state index in [4.69, 9.17) is 5.73 Å². The van der Waals surface area contributed by atoms with Gasteiger partial charge in [0.05, 0.1) is 0 Å². The monoisotopic (exact) mass is 207 g/mol. The first-order valence-electron chi connectivity index (χ1n) is 5.20. The van der Waals surface area contributed by atoms with Crippen molar-refractivity contribution in [3.63, 3.8) is 0 Å². The average molecular weight is 207 g/mol. The number of anilines is 2. The zero-order chi connectivity index (χ0) is 10.8. The van der Waals surface area contributed by atoms with E-state index in [1.165, 1.54) is 0 Å². The smallest absolute Gasteiger partial charge is 0.171 e. The van der Waals surface area contributed by atoms with Gasteiger partial charge in [-0.1, -0.05) is 0 Å². The van der Waals surface area contributed by atoms with Crippen molar-refractivity contribution >= 4 is 11.6 Å². The molecule has 5 heteroatoms. The van der Waals surface area contributed by atoms with Crippen molar-refractivity contribution in [1.29, 1.82) is 0 Å². The topological polar surface area (TPSA) is 58.3 Å². The van der Waals surface area contributed by atoms with Crippen molar-refractivity contribution < 1.29 is 0 Å². The van der Waals surface area contributed by atoms with Crippen LogP contribution in [0.4, 0.5) is 11.6 Å². The summed E-state index contributed by atoms with van der Waals surface area (Å²) in [5, 5.41) is 0. The van der Waals surface area contributed by atoms with Crippen LogP contribution in [0, 0.1) is 0 Å². The Morgan fingerprint density at radius 1 is 1.33 bits per heavy atom. The third kappa shape index (κ3) is 2.02. The van der Waals surface area contributed by atoms with Crippen molar-refractivity contribution in [1.82, 2.24) is 14.9 Å². The fourth-order valence-corrected chi connectivity index (χ4v) is 2.02. The standard InChI is InChI=1S/C10H17N5/c1-8-7-14(2)5-6-15(8)10-9(11)12-3-4-13-10/h3-4,8H,5-7H2,1-2H3,(H2,11,12). The highest BCUT2D eigenvalue weighted by molar-refractivity contribution is 5.58. The minimum Gasteiger partial charge on any atom is -0.381 e. The maximum atomic E-state index is 5.82. The molecular formula is C10H17N5. The Morgan fingerprint density at radius 3 is 2.73 bits per heavy atom. The minimum absolute atomic E-state index is 0.433. The van der Waals surface area contributed by atoms with E-state index in [1.54, 1.807) is 12.4 Å². The van der Waals surface area contributed by atoms with Crippen LogP contribution in [0.25, 0.3) is 0 Å². The molecule has 0 aliphatic carbocycles. The van der Waals surface area contributed by atoms with Crippen molar-refractivity contribution in [3.8, 4) is 0 Å². The third-order valence-corrected chi connectivity index (χ3v) is 2.81. The number of nitrogens with zero attached hydrogens (tertiary/aromatic N) is 4. The predicted molar refractivity (Wildman–Crippen MR) is 60.7 cm³/mol. The number of nitrogen functional groups attached to an aromatic ring is 1. The summed E-state index contributed by atoms with van der Waals surface area (Å²) in [6, 6.07) is 0.433. The molecule has 0 radical (unpaired) electrons. The van der Waals surface area contributed by atoms with E-state index in [-0.39, 0.29) is 0 Å².